The van der Waals surface area contributed by atoms with Gasteiger partial charge in [0, 0.05) is 0 Å². The minimum Gasteiger partial charge on any atom is -0.106 e. The van der Waals surface area contributed by atoms with E-state index in [2.05, 4.69) is 63.4 Å². The van der Waals surface area contributed by atoms with Gasteiger partial charge in [0.15, 0.2) is 0 Å². The molecule has 1 rings (SSSR count). The third kappa shape index (κ3) is 6.73. The van der Waals surface area contributed by atoms with Crippen LogP contribution in [0, 0.1) is 0 Å². The minimum absolute atomic E-state index is 1.20. The highest BCUT2D eigenvalue weighted by Crippen LogP contribution is 2.08. The van der Waals surface area contributed by atoms with Gasteiger partial charge in [0.1, 0.15) is 0 Å². The lowest BCUT2D eigenvalue weighted by Gasteiger charge is -2.01. The van der Waals surface area contributed by atoms with Gasteiger partial charge < -0.3 is 0 Å². The number of hydrogen-bond donors (Lipinski definition) is 0. The van der Waals surface area contributed by atoms with Crippen molar-refractivity contribution in [1.82, 2.24) is 0 Å². The molecule has 0 saturated carbocycles. The number of benzene rings is 1. The maximum atomic E-state index is 3.00. The van der Waals surface area contributed by atoms with Crippen molar-refractivity contribution in [1.29, 1.82) is 0 Å². The molecular weight excluding hydrogens is 180 g/mol. The van der Waals surface area contributed by atoms with E-state index in [1.165, 1.54) is 30.4 Å². The van der Waals surface area contributed by atoms with Gasteiger partial charge in [0.25, 0.3) is 0 Å². The van der Waals surface area contributed by atoms with Crippen molar-refractivity contribution < 1.29 is 0 Å². The van der Waals surface area contributed by atoms with Gasteiger partial charge in [-0.2, -0.15) is 0 Å². The molecule has 0 radical (unpaired) electrons. The molecule has 0 saturated heterocycles. The third-order valence-electron chi connectivity index (χ3n) is 2.37. The summed E-state index contributed by atoms with van der Waals surface area (Å²) < 4.78 is 0. The van der Waals surface area contributed by atoms with E-state index < -0.39 is 0 Å². The van der Waals surface area contributed by atoms with E-state index in [9.17, 15) is 0 Å². The summed E-state index contributed by atoms with van der Waals surface area (Å²) in [5, 5.41) is 0. The van der Waals surface area contributed by atoms with Gasteiger partial charge in [0.05, 0.1) is 0 Å². The van der Waals surface area contributed by atoms with Crippen molar-refractivity contribution in [2.24, 2.45) is 0 Å². The molecule has 0 fully saturated rings. The first-order valence-electron chi connectivity index (χ1n) is 5.48. The number of aryl methyl sites for hydroxylation is 1. The van der Waals surface area contributed by atoms with Crippen LogP contribution in [0.15, 0.2) is 55.1 Å². The molecule has 0 aromatic heterocycles. The summed E-state index contributed by atoms with van der Waals surface area (Å²) in [5.74, 6) is 0. The van der Waals surface area contributed by atoms with Crippen LogP contribution >= 0.6 is 0 Å². The lowest BCUT2D eigenvalue weighted by atomic mass is 10.1. The molecule has 0 aliphatic rings. The van der Waals surface area contributed by atoms with Crippen LogP contribution in [0.1, 0.15) is 32.3 Å². The Morgan fingerprint density at radius 3 is 2.33 bits per heavy atom. The van der Waals surface area contributed by atoms with E-state index in [-0.39, 0.29) is 0 Å². The summed E-state index contributed by atoms with van der Waals surface area (Å²) in [5.41, 5.74) is 2.95. The molecule has 0 heteroatoms. The highest BCUT2D eigenvalue weighted by atomic mass is 14.0. The molecule has 1 aromatic rings. The van der Waals surface area contributed by atoms with Crippen molar-refractivity contribution in [2.45, 2.75) is 33.1 Å². The van der Waals surface area contributed by atoms with Crippen LogP contribution in [0.4, 0.5) is 0 Å². The Bertz CT molecular complexity index is 269. The monoisotopic (exact) mass is 202 g/mol. The normalized spacial score (nSPS) is 10.4. The zero-order valence-corrected chi connectivity index (χ0v) is 10.00. The Morgan fingerprint density at radius 2 is 1.80 bits per heavy atom. The van der Waals surface area contributed by atoms with Crippen LogP contribution < -0.4 is 0 Å². The average Bonchev–Trinajstić information content (AvgIpc) is 2.33. The lowest BCUT2D eigenvalue weighted by molar-refractivity contribution is 0.810. The van der Waals surface area contributed by atoms with Crippen LogP contribution in [0.3, 0.4) is 0 Å². The van der Waals surface area contributed by atoms with E-state index >= 15 is 0 Å². The standard InChI is InChI=1S/C13H18.C2H4/c1-3-12(2)8-7-11-13-9-5-4-6-10-13;1-2/h3-6,9-10H,7-8,11H2,1-2H3;1-2H2/b12-3+;. The zero-order valence-electron chi connectivity index (χ0n) is 10.00. The molecule has 0 bridgehead atoms. The topological polar surface area (TPSA) is 0 Å². The first kappa shape index (κ1) is 13.7. The molecule has 0 nitrogen and oxygen atoms in total. The third-order valence-corrected chi connectivity index (χ3v) is 2.37. The fourth-order valence-corrected chi connectivity index (χ4v) is 1.36. The lowest BCUT2D eigenvalue weighted by Crippen LogP contribution is -1.85. The van der Waals surface area contributed by atoms with E-state index in [0.717, 1.165) is 0 Å². The molecule has 0 aliphatic carbocycles. The van der Waals surface area contributed by atoms with Gasteiger partial charge in [-0.1, -0.05) is 42.0 Å². The summed E-state index contributed by atoms with van der Waals surface area (Å²) in [6, 6.07) is 10.7. The highest BCUT2D eigenvalue weighted by Gasteiger charge is 1.92. The van der Waals surface area contributed by atoms with Gasteiger partial charge in [0.2, 0.25) is 0 Å². The molecule has 0 spiro atoms. The predicted molar refractivity (Wildman–Crippen MR) is 70.1 cm³/mol. The van der Waals surface area contributed by atoms with Crippen molar-refractivity contribution >= 4 is 0 Å². The van der Waals surface area contributed by atoms with E-state index in [0.29, 0.717) is 0 Å². The van der Waals surface area contributed by atoms with Gasteiger partial charge in [-0.15, -0.1) is 13.2 Å². The number of hydrogen-bond acceptors (Lipinski definition) is 0. The molecule has 0 N–H and O–H groups in total. The maximum absolute atomic E-state index is 3.00. The minimum atomic E-state index is 1.20. The Labute approximate surface area is 94.3 Å². The summed E-state index contributed by atoms with van der Waals surface area (Å²) in [6.07, 6.45) is 5.89. The molecule has 1 aromatic carbocycles. The quantitative estimate of drug-likeness (QED) is 0.616. The summed E-state index contributed by atoms with van der Waals surface area (Å²) in [6.45, 7) is 10.3. The van der Waals surface area contributed by atoms with Gasteiger partial charge in [-0.25, -0.2) is 0 Å². The van der Waals surface area contributed by atoms with Crippen molar-refractivity contribution in [3.05, 3.63) is 60.7 Å². The molecular formula is C15H22. The van der Waals surface area contributed by atoms with E-state index in [1.54, 1.807) is 0 Å². The molecule has 0 heterocycles. The fraction of sp³-hybridized carbons (Fsp3) is 0.333. The van der Waals surface area contributed by atoms with Crippen LogP contribution in [0.5, 0.6) is 0 Å². The summed E-state index contributed by atoms with van der Waals surface area (Å²) in [7, 11) is 0. The van der Waals surface area contributed by atoms with Crippen LogP contribution in [-0.2, 0) is 6.42 Å². The second-order valence-corrected chi connectivity index (χ2v) is 3.47. The van der Waals surface area contributed by atoms with Crippen LogP contribution in [-0.4, -0.2) is 0 Å². The predicted octanol–water partition coefficient (Wildman–Crippen LogP) is 4.78. The number of allylic oxidation sites excluding steroid dienone is 2. The Morgan fingerprint density at radius 1 is 1.20 bits per heavy atom. The van der Waals surface area contributed by atoms with Crippen molar-refractivity contribution in [3.63, 3.8) is 0 Å². The maximum Gasteiger partial charge on any atom is -0.0276 e. The summed E-state index contributed by atoms with van der Waals surface area (Å²) >= 11 is 0. The first-order chi connectivity index (χ1) is 7.33. The zero-order chi connectivity index (χ0) is 11.5. The largest absolute Gasteiger partial charge is 0.106 e. The second-order valence-electron chi connectivity index (χ2n) is 3.47. The molecule has 15 heavy (non-hydrogen) atoms. The van der Waals surface area contributed by atoms with Gasteiger partial charge >= 0.3 is 0 Å². The van der Waals surface area contributed by atoms with E-state index in [4.69, 9.17) is 0 Å². The Hall–Kier alpha value is -1.30. The molecule has 0 atom stereocenters. The summed E-state index contributed by atoms with van der Waals surface area (Å²) in [4.78, 5) is 0. The van der Waals surface area contributed by atoms with Crippen LogP contribution in [0.2, 0.25) is 0 Å². The van der Waals surface area contributed by atoms with Gasteiger partial charge in [-0.3, -0.25) is 0 Å². The highest BCUT2D eigenvalue weighted by molar-refractivity contribution is 5.14. The van der Waals surface area contributed by atoms with Crippen molar-refractivity contribution in [2.75, 3.05) is 0 Å². The molecule has 0 amide bonds. The van der Waals surface area contributed by atoms with E-state index in [1.807, 2.05) is 0 Å². The van der Waals surface area contributed by atoms with Gasteiger partial charge in [-0.05, 0) is 38.7 Å². The Kier molecular flexibility index (Phi) is 8.46. The Balaban J connectivity index is 0.000000921. The fourth-order valence-electron chi connectivity index (χ4n) is 1.36. The average molecular weight is 202 g/mol. The second kappa shape index (κ2) is 9.26. The molecule has 0 unspecified atom stereocenters. The molecule has 82 valence electrons. The number of rotatable bonds is 4. The SMILES string of the molecule is C/C=C(\C)CCCc1ccccc1.C=C. The smallest absolute Gasteiger partial charge is 0.0276 e. The first-order valence-corrected chi connectivity index (χ1v) is 5.48. The van der Waals surface area contributed by atoms with Crippen molar-refractivity contribution in [3.8, 4) is 0 Å². The molecule has 0 aliphatic heterocycles. The van der Waals surface area contributed by atoms with Crippen LogP contribution in [0.25, 0.3) is 0 Å².